The molecule has 0 radical (unpaired) electrons. The Balaban J connectivity index is 2.63. The van der Waals surface area contributed by atoms with E-state index < -0.39 is 8.32 Å². The van der Waals surface area contributed by atoms with E-state index in [-0.39, 0.29) is 11.1 Å². The van der Waals surface area contributed by atoms with Crippen molar-refractivity contribution in [3.8, 4) is 6.07 Å². The SMILES string of the molecule is CC(C)(C)[Si](C)(C)OC1CC=C1C#N. The molecular formula is C11H19NOSi. The van der Waals surface area contributed by atoms with Crippen LogP contribution in [-0.4, -0.2) is 14.4 Å². The summed E-state index contributed by atoms with van der Waals surface area (Å²) in [6.07, 6.45) is 2.95. The molecule has 0 aliphatic heterocycles. The molecule has 78 valence electrons. The van der Waals surface area contributed by atoms with E-state index in [4.69, 9.17) is 9.69 Å². The first-order valence-electron chi connectivity index (χ1n) is 5.06. The maximum absolute atomic E-state index is 8.77. The third-order valence-electron chi connectivity index (χ3n) is 3.27. The fraction of sp³-hybridized carbons (Fsp3) is 0.727. The lowest BCUT2D eigenvalue weighted by Gasteiger charge is -2.40. The second-order valence-corrected chi connectivity index (χ2v) is 10.1. The van der Waals surface area contributed by atoms with Crippen molar-refractivity contribution >= 4 is 8.32 Å². The van der Waals surface area contributed by atoms with Crippen molar-refractivity contribution < 1.29 is 4.43 Å². The summed E-state index contributed by atoms with van der Waals surface area (Å²) >= 11 is 0. The van der Waals surface area contributed by atoms with Crippen molar-refractivity contribution in [1.82, 2.24) is 0 Å². The minimum Gasteiger partial charge on any atom is -0.409 e. The summed E-state index contributed by atoms with van der Waals surface area (Å²) in [4.78, 5) is 0. The molecule has 2 nitrogen and oxygen atoms in total. The van der Waals surface area contributed by atoms with Gasteiger partial charge in [0.05, 0.1) is 17.7 Å². The van der Waals surface area contributed by atoms with Gasteiger partial charge in [0, 0.05) is 0 Å². The molecular weight excluding hydrogens is 190 g/mol. The Morgan fingerprint density at radius 3 is 2.36 bits per heavy atom. The molecule has 1 unspecified atom stereocenters. The van der Waals surface area contributed by atoms with Crippen LogP contribution in [0, 0.1) is 11.3 Å². The van der Waals surface area contributed by atoms with Gasteiger partial charge in [-0.15, -0.1) is 0 Å². The van der Waals surface area contributed by atoms with Gasteiger partial charge in [-0.3, -0.25) is 0 Å². The maximum Gasteiger partial charge on any atom is 0.192 e. The zero-order valence-electron chi connectivity index (χ0n) is 9.72. The topological polar surface area (TPSA) is 33.0 Å². The van der Waals surface area contributed by atoms with E-state index in [1.54, 1.807) is 0 Å². The average molecular weight is 209 g/mol. The van der Waals surface area contributed by atoms with E-state index in [0.29, 0.717) is 0 Å². The van der Waals surface area contributed by atoms with Crippen LogP contribution >= 0.6 is 0 Å². The molecule has 1 atom stereocenters. The standard InChI is InChI=1S/C11H19NOSi/c1-11(2,3)14(4,5)13-10-7-6-9(10)8-12/h6,10H,7H2,1-5H3. The van der Waals surface area contributed by atoms with Crippen molar-refractivity contribution in [2.45, 2.75) is 51.4 Å². The normalized spacial score (nSPS) is 22.3. The molecule has 0 aromatic carbocycles. The minimum absolute atomic E-state index is 0.0842. The van der Waals surface area contributed by atoms with Crippen molar-refractivity contribution in [3.63, 3.8) is 0 Å². The third kappa shape index (κ3) is 2.07. The Morgan fingerprint density at radius 2 is 2.07 bits per heavy atom. The van der Waals surface area contributed by atoms with E-state index in [1.165, 1.54) is 0 Å². The Labute approximate surface area is 87.7 Å². The first kappa shape index (κ1) is 11.5. The Bertz CT molecular complexity index is 293. The molecule has 0 bridgehead atoms. The molecule has 0 heterocycles. The summed E-state index contributed by atoms with van der Waals surface area (Å²) in [6, 6.07) is 2.18. The molecule has 1 rings (SSSR count). The van der Waals surface area contributed by atoms with Gasteiger partial charge in [-0.05, 0) is 24.6 Å². The third-order valence-corrected chi connectivity index (χ3v) is 7.76. The van der Waals surface area contributed by atoms with E-state index in [0.717, 1.165) is 12.0 Å². The molecule has 0 saturated heterocycles. The van der Waals surface area contributed by atoms with Gasteiger partial charge in [-0.25, -0.2) is 0 Å². The minimum atomic E-state index is -1.69. The van der Waals surface area contributed by atoms with Crippen LogP contribution in [0.2, 0.25) is 18.1 Å². The van der Waals surface area contributed by atoms with E-state index in [1.807, 2.05) is 6.08 Å². The first-order chi connectivity index (χ1) is 6.28. The highest BCUT2D eigenvalue weighted by Crippen LogP contribution is 2.39. The summed E-state index contributed by atoms with van der Waals surface area (Å²) in [7, 11) is -1.69. The largest absolute Gasteiger partial charge is 0.409 e. The summed E-state index contributed by atoms with van der Waals surface area (Å²) in [5.74, 6) is 0. The summed E-state index contributed by atoms with van der Waals surface area (Å²) < 4.78 is 6.09. The number of hydrogen-bond acceptors (Lipinski definition) is 2. The summed E-state index contributed by atoms with van der Waals surface area (Å²) in [5, 5.41) is 9.00. The van der Waals surface area contributed by atoms with E-state index in [2.05, 4.69) is 39.9 Å². The predicted octanol–water partition coefficient (Wildman–Crippen LogP) is 3.23. The van der Waals surface area contributed by atoms with Gasteiger partial charge in [0.15, 0.2) is 8.32 Å². The van der Waals surface area contributed by atoms with Crippen LogP contribution in [-0.2, 0) is 4.43 Å². The number of nitrogens with zero attached hydrogens (tertiary/aromatic N) is 1. The lowest BCUT2D eigenvalue weighted by molar-refractivity contribution is 0.204. The highest BCUT2D eigenvalue weighted by molar-refractivity contribution is 6.74. The first-order valence-corrected chi connectivity index (χ1v) is 7.97. The lowest BCUT2D eigenvalue weighted by atomic mass is 9.97. The quantitative estimate of drug-likeness (QED) is 0.654. The van der Waals surface area contributed by atoms with Crippen molar-refractivity contribution in [2.75, 3.05) is 0 Å². The smallest absolute Gasteiger partial charge is 0.192 e. The summed E-state index contributed by atoms with van der Waals surface area (Å²) in [5.41, 5.74) is 0.815. The van der Waals surface area contributed by atoms with Crippen LogP contribution in [0.25, 0.3) is 0 Å². The van der Waals surface area contributed by atoms with Gasteiger partial charge < -0.3 is 4.43 Å². The van der Waals surface area contributed by atoms with Gasteiger partial charge in [0.1, 0.15) is 0 Å². The molecule has 14 heavy (non-hydrogen) atoms. The van der Waals surface area contributed by atoms with Gasteiger partial charge in [0.25, 0.3) is 0 Å². The van der Waals surface area contributed by atoms with Crippen LogP contribution in [0.15, 0.2) is 11.6 Å². The second kappa shape index (κ2) is 3.52. The maximum atomic E-state index is 8.77. The lowest BCUT2D eigenvalue weighted by Crippen LogP contribution is -2.45. The molecule has 0 amide bonds. The molecule has 0 aromatic rings. The van der Waals surface area contributed by atoms with Crippen molar-refractivity contribution in [3.05, 3.63) is 11.6 Å². The van der Waals surface area contributed by atoms with Crippen LogP contribution in [0.5, 0.6) is 0 Å². The fourth-order valence-corrected chi connectivity index (χ4v) is 2.38. The zero-order valence-corrected chi connectivity index (χ0v) is 10.7. The predicted molar refractivity (Wildman–Crippen MR) is 60.4 cm³/mol. The van der Waals surface area contributed by atoms with Gasteiger partial charge >= 0.3 is 0 Å². The molecule has 0 fully saturated rings. The molecule has 0 aromatic heterocycles. The van der Waals surface area contributed by atoms with Gasteiger partial charge in [0.2, 0.25) is 0 Å². The Hall–Kier alpha value is -0.593. The number of rotatable bonds is 2. The molecule has 1 aliphatic carbocycles. The molecule has 0 saturated carbocycles. The highest BCUT2D eigenvalue weighted by atomic mass is 28.4. The summed E-state index contributed by atoms with van der Waals surface area (Å²) in [6.45, 7) is 11.1. The molecule has 3 heteroatoms. The van der Waals surface area contributed by atoms with Gasteiger partial charge in [-0.1, -0.05) is 26.8 Å². The second-order valence-electron chi connectivity index (χ2n) is 5.37. The fourth-order valence-electron chi connectivity index (χ4n) is 1.09. The molecule has 0 spiro atoms. The Kier molecular flexibility index (Phi) is 2.89. The molecule has 0 N–H and O–H groups in total. The van der Waals surface area contributed by atoms with Gasteiger partial charge in [-0.2, -0.15) is 5.26 Å². The number of hydrogen-bond donors (Lipinski definition) is 0. The number of nitriles is 1. The average Bonchev–Trinajstić information content (AvgIpc) is 1.97. The van der Waals surface area contributed by atoms with E-state index >= 15 is 0 Å². The van der Waals surface area contributed by atoms with Crippen LogP contribution in [0.1, 0.15) is 27.2 Å². The highest BCUT2D eigenvalue weighted by Gasteiger charge is 2.40. The van der Waals surface area contributed by atoms with Crippen LogP contribution in [0.4, 0.5) is 0 Å². The van der Waals surface area contributed by atoms with Crippen LogP contribution in [0.3, 0.4) is 0 Å². The Morgan fingerprint density at radius 1 is 1.50 bits per heavy atom. The molecule has 1 aliphatic rings. The van der Waals surface area contributed by atoms with E-state index in [9.17, 15) is 0 Å². The van der Waals surface area contributed by atoms with Crippen molar-refractivity contribution in [1.29, 1.82) is 5.26 Å². The zero-order chi connectivity index (χ0) is 11.0. The monoisotopic (exact) mass is 209 g/mol. The van der Waals surface area contributed by atoms with Crippen molar-refractivity contribution in [2.24, 2.45) is 0 Å². The van der Waals surface area contributed by atoms with Crippen LogP contribution < -0.4 is 0 Å².